The summed E-state index contributed by atoms with van der Waals surface area (Å²) in [6.07, 6.45) is 3.37. The summed E-state index contributed by atoms with van der Waals surface area (Å²) in [5.41, 5.74) is 2.00. The summed E-state index contributed by atoms with van der Waals surface area (Å²) in [7, 11) is -2.57. The Morgan fingerprint density at radius 1 is 1.75 bits per heavy atom. The fourth-order valence-electron chi connectivity index (χ4n) is 1.30. The average molecular weight is 258 g/mol. The first-order valence-corrected chi connectivity index (χ1v) is 7.49. The highest BCUT2D eigenvalue weighted by Crippen LogP contribution is 2.68. The molecule has 0 saturated heterocycles. The van der Waals surface area contributed by atoms with Crippen molar-refractivity contribution in [1.82, 2.24) is 4.98 Å². The van der Waals surface area contributed by atoms with E-state index in [-0.39, 0.29) is 0 Å². The summed E-state index contributed by atoms with van der Waals surface area (Å²) >= 11 is 4.29. The summed E-state index contributed by atoms with van der Waals surface area (Å²) in [4.78, 5) is 4.19. The van der Waals surface area contributed by atoms with Crippen LogP contribution in [0.2, 0.25) is 0 Å². The molecule has 1 aliphatic rings. The van der Waals surface area contributed by atoms with Gasteiger partial charge in [-0.2, -0.15) is 0 Å². The molecule has 4 nitrogen and oxygen atoms in total. The third-order valence-electron chi connectivity index (χ3n) is 2.00. The molecule has 1 aromatic rings. The second-order valence-corrected chi connectivity index (χ2v) is 6.50. The van der Waals surface area contributed by atoms with Gasteiger partial charge in [-0.05, 0) is 18.6 Å². The first-order valence-electron chi connectivity index (χ1n) is 4.80. The molecule has 0 amide bonds. The highest BCUT2D eigenvalue weighted by atomic mass is 32.7. The normalized spacial score (nSPS) is 23.4. The van der Waals surface area contributed by atoms with E-state index in [9.17, 15) is 0 Å². The predicted molar refractivity (Wildman–Crippen MR) is 66.4 cm³/mol. The van der Waals surface area contributed by atoms with Crippen molar-refractivity contribution in [2.75, 3.05) is 6.61 Å². The van der Waals surface area contributed by atoms with Gasteiger partial charge in [-0.1, -0.05) is 18.3 Å². The molecule has 2 heterocycles. The van der Waals surface area contributed by atoms with Gasteiger partial charge in [0.25, 0.3) is 0 Å². The van der Waals surface area contributed by atoms with Gasteiger partial charge in [0, 0.05) is 11.8 Å². The van der Waals surface area contributed by atoms with Crippen LogP contribution in [0.15, 0.2) is 24.9 Å². The first-order chi connectivity index (χ1) is 7.63. The molecular weight excluding hydrogens is 245 g/mol. The Morgan fingerprint density at radius 3 is 3.31 bits per heavy atom. The second kappa shape index (κ2) is 4.72. The van der Waals surface area contributed by atoms with Crippen LogP contribution in [0.3, 0.4) is 0 Å². The molecular formula is C10H13NO3PS. The lowest BCUT2D eigenvalue weighted by atomic mass is 10.2. The quantitative estimate of drug-likeness (QED) is 0.514. The minimum absolute atomic E-state index is 0.346. The molecule has 0 bridgehead atoms. The van der Waals surface area contributed by atoms with E-state index in [0.717, 1.165) is 11.1 Å². The van der Waals surface area contributed by atoms with Gasteiger partial charge in [-0.25, -0.2) is 4.98 Å². The SMILES string of the molecule is C=CCO[P]1(S)OCc2cc(C)cnc2O1. The van der Waals surface area contributed by atoms with Crippen LogP contribution >= 0.6 is 19.4 Å². The van der Waals surface area contributed by atoms with E-state index in [1.165, 1.54) is 0 Å². The molecule has 6 heteroatoms. The van der Waals surface area contributed by atoms with E-state index in [1.807, 2.05) is 13.0 Å². The number of nitrogens with zero attached hydrogens (tertiary/aromatic N) is 1. The van der Waals surface area contributed by atoms with Gasteiger partial charge in [-0.3, -0.25) is 9.05 Å². The molecule has 1 aromatic heterocycles. The Labute approximate surface area is 100 Å². The Balaban J connectivity index is 2.16. The van der Waals surface area contributed by atoms with Crippen molar-refractivity contribution in [3.8, 4) is 5.88 Å². The van der Waals surface area contributed by atoms with Gasteiger partial charge in [0.05, 0.1) is 13.2 Å². The zero-order valence-electron chi connectivity index (χ0n) is 8.92. The van der Waals surface area contributed by atoms with Crippen molar-refractivity contribution in [2.45, 2.75) is 13.5 Å². The average Bonchev–Trinajstić information content (AvgIpc) is 2.27. The number of pyridine rings is 1. The molecule has 1 unspecified atom stereocenters. The molecule has 1 radical (unpaired) electrons. The number of rotatable bonds is 3. The third kappa shape index (κ3) is 2.55. The van der Waals surface area contributed by atoms with Gasteiger partial charge >= 0.3 is 7.15 Å². The van der Waals surface area contributed by atoms with Crippen molar-refractivity contribution < 1.29 is 13.6 Å². The van der Waals surface area contributed by atoms with E-state index >= 15 is 0 Å². The molecule has 0 aliphatic carbocycles. The molecule has 0 N–H and O–H groups in total. The largest absolute Gasteiger partial charge is 0.409 e. The molecule has 0 fully saturated rings. The summed E-state index contributed by atoms with van der Waals surface area (Å²) in [5, 5.41) is 0. The minimum Gasteiger partial charge on any atom is -0.409 e. The maximum absolute atomic E-state index is 5.55. The number of hydrogen-bond donors (Lipinski definition) is 1. The Morgan fingerprint density at radius 2 is 2.56 bits per heavy atom. The lowest BCUT2D eigenvalue weighted by Gasteiger charge is -2.32. The summed E-state index contributed by atoms with van der Waals surface area (Å²) < 4.78 is 16.4. The lowest BCUT2D eigenvalue weighted by molar-refractivity contribution is 0.185. The predicted octanol–water partition coefficient (Wildman–Crippen LogP) is 3.11. The van der Waals surface area contributed by atoms with E-state index in [1.54, 1.807) is 12.3 Å². The number of aromatic nitrogens is 1. The van der Waals surface area contributed by atoms with Crippen LogP contribution in [0.25, 0.3) is 0 Å². The number of aryl methyl sites for hydroxylation is 1. The molecule has 0 saturated carbocycles. The van der Waals surface area contributed by atoms with E-state index in [4.69, 9.17) is 13.6 Å². The second-order valence-electron chi connectivity index (χ2n) is 3.39. The Hall–Kier alpha value is -0.610. The van der Waals surface area contributed by atoms with Crippen molar-refractivity contribution in [1.29, 1.82) is 0 Å². The third-order valence-corrected chi connectivity index (χ3v) is 4.27. The molecule has 1 aliphatic heterocycles. The van der Waals surface area contributed by atoms with Crippen molar-refractivity contribution in [3.05, 3.63) is 36.0 Å². The number of hydrogen-bond acceptors (Lipinski definition) is 5. The lowest BCUT2D eigenvalue weighted by Crippen LogP contribution is -2.13. The monoisotopic (exact) mass is 258 g/mol. The highest BCUT2D eigenvalue weighted by Gasteiger charge is 2.34. The van der Waals surface area contributed by atoms with Gasteiger partial charge in [0.2, 0.25) is 5.88 Å². The van der Waals surface area contributed by atoms with Gasteiger partial charge in [0.1, 0.15) is 0 Å². The smallest absolute Gasteiger partial charge is 0.346 e. The van der Waals surface area contributed by atoms with Crippen molar-refractivity contribution >= 4 is 19.4 Å². The summed E-state index contributed by atoms with van der Waals surface area (Å²) in [5.74, 6) is 0.546. The van der Waals surface area contributed by atoms with Crippen LogP contribution in [0.5, 0.6) is 5.88 Å². The topological polar surface area (TPSA) is 40.6 Å². The maximum Gasteiger partial charge on any atom is 0.346 e. The molecule has 0 aromatic carbocycles. The van der Waals surface area contributed by atoms with Crippen LogP contribution in [-0.2, 0) is 15.7 Å². The van der Waals surface area contributed by atoms with Gasteiger partial charge in [0.15, 0.2) is 0 Å². The number of fused-ring (bicyclic) bond motifs is 1. The van der Waals surface area contributed by atoms with Gasteiger partial charge in [-0.15, -0.1) is 6.58 Å². The van der Waals surface area contributed by atoms with Crippen LogP contribution in [-0.4, -0.2) is 11.6 Å². The fraction of sp³-hybridized carbons (Fsp3) is 0.300. The first kappa shape index (κ1) is 11.9. The maximum atomic E-state index is 5.55. The zero-order chi connectivity index (χ0) is 11.6. The van der Waals surface area contributed by atoms with E-state index in [2.05, 4.69) is 23.8 Å². The van der Waals surface area contributed by atoms with E-state index in [0.29, 0.717) is 19.1 Å². The van der Waals surface area contributed by atoms with Crippen LogP contribution in [0.1, 0.15) is 11.1 Å². The molecule has 87 valence electrons. The molecule has 2 rings (SSSR count). The van der Waals surface area contributed by atoms with Crippen LogP contribution in [0.4, 0.5) is 0 Å². The molecule has 0 spiro atoms. The molecule has 16 heavy (non-hydrogen) atoms. The van der Waals surface area contributed by atoms with Crippen LogP contribution in [0, 0.1) is 6.92 Å². The van der Waals surface area contributed by atoms with Crippen molar-refractivity contribution in [3.63, 3.8) is 0 Å². The molecule has 1 atom stereocenters. The van der Waals surface area contributed by atoms with Gasteiger partial charge < -0.3 is 4.52 Å². The highest BCUT2D eigenvalue weighted by molar-refractivity contribution is 8.47. The summed E-state index contributed by atoms with van der Waals surface area (Å²) in [6, 6.07) is 1.98. The van der Waals surface area contributed by atoms with Crippen LogP contribution < -0.4 is 4.52 Å². The number of thiol groups is 1. The Bertz CT molecular complexity index is 415. The van der Waals surface area contributed by atoms with E-state index < -0.39 is 7.15 Å². The summed E-state index contributed by atoms with van der Waals surface area (Å²) in [6.45, 7) is 6.30. The zero-order valence-corrected chi connectivity index (χ0v) is 10.7. The Kier molecular flexibility index (Phi) is 3.50. The fourth-order valence-corrected chi connectivity index (χ4v) is 3.06. The van der Waals surface area contributed by atoms with Crippen molar-refractivity contribution in [2.24, 2.45) is 0 Å². The standard InChI is InChI=1S/C10H13NO3PS/c1-3-4-12-15(16)13-7-9-5-8(2)6-11-10(9)14-15/h3,5-6,16H,1,4,7H2,2H3. The minimum atomic E-state index is -2.57.